The van der Waals surface area contributed by atoms with Crippen LogP contribution < -0.4 is 9.47 Å². The predicted octanol–water partition coefficient (Wildman–Crippen LogP) is 3.69. The summed E-state index contributed by atoms with van der Waals surface area (Å²) in [4.78, 5) is 11.8. The molecule has 0 radical (unpaired) electrons. The molecule has 0 aliphatic rings. The highest BCUT2D eigenvalue weighted by atomic mass is 16.6. The lowest BCUT2D eigenvalue weighted by Gasteiger charge is -2.18. The first-order valence-electron chi connectivity index (χ1n) is 6.27. The zero-order valence-corrected chi connectivity index (χ0v) is 12.0. The molecule has 0 aromatic heterocycles. The predicted molar refractivity (Wildman–Crippen MR) is 72.3 cm³/mol. The van der Waals surface area contributed by atoms with Crippen molar-refractivity contribution in [2.45, 2.75) is 40.5 Å². The van der Waals surface area contributed by atoms with E-state index in [0.29, 0.717) is 11.5 Å². The Labute approximate surface area is 109 Å². The van der Waals surface area contributed by atoms with E-state index in [-0.39, 0.29) is 17.8 Å². The van der Waals surface area contributed by atoms with E-state index in [9.17, 15) is 4.79 Å². The maximum Gasteiger partial charge on any atom is 0.313 e. The summed E-state index contributed by atoms with van der Waals surface area (Å²) in [6.07, 6.45) is 0. The molecule has 0 N–H and O–H groups in total. The maximum absolute atomic E-state index is 11.8. The third-order valence-electron chi connectivity index (χ3n) is 2.84. The fourth-order valence-electron chi connectivity index (χ4n) is 1.71. The number of carbonyl (C=O) groups is 1. The Morgan fingerprint density at radius 1 is 1.11 bits per heavy atom. The van der Waals surface area contributed by atoms with Crippen LogP contribution in [0.1, 0.15) is 44.7 Å². The lowest BCUT2D eigenvalue weighted by molar-refractivity contribution is -0.137. The van der Waals surface area contributed by atoms with Gasteiger partial charge >= 0.3 is 5.97 Å². The summed E-state index contributed by atoms with van der Waals surface area (Å²) in [5, 5.41) is 0. The van der Waals surface area contributed by atoms with Crippen molar-refractivity contribution in [3.05, 3.63) is 23.3 Å². The second-order valence-electron chi connectivity index (χ2n) is 5.06. The Balaban J connectivity index is 3.27. The molecule has 1 aromatic rings. The molecule has 100 valence electrons. The van der Waals surface area contributed by atoms with Gasteiger partial charge in [0, 0.05) is 5.56 Å². The van der Waals surface area contributed by atoms with Gasteiger partial charge < -0.3 is 9.47 Å². The van der Waals surface area contributed by atoms with Gasteiger partial charge in [-0.2, -0.15) is 0 Å². The molecule has 0 bridgehead atoms. The zero-order valence-electron chi connectivity index (χ0n) is 12.0. The molecule has 18 heavy (non-hydrogen) atoms. The topological polar surface area (TPSA) is 35.5 Å². The Kier molecular flexibility index (Phi) is 4.76. The third-order valence-corrected chi connectivity index (χ3v) is 2.84. The van der Waals surface area contributed by atoms with Gasteiger partial charge in [0.05, 0.1) is 13.0 Å². The van der Waals surface area contributed by atoms with E-state index in [2.05, 4.69) is 13.8 Å². The molecule has 0 atom stereocenters. The van der Waals surface area contributed by atoms with E-state index in [0.717, 1.165) is 11.1 Å². The highest BCUT2D eigenvalue weighted by Gasteiger charge is 2.20. The molecule has 0 saturated carbocycles. The van der Waals surface area contributed by atoms with E-state index in [1.165, 1.54) is 0 Å². The fraction of sp³-hybridized carbons (Fsp3) is 0.533. The standard InChI is InChI=1S/C15H22O3/c1-9(2)12-8-7-11(5)13(17-6)14(12)18-15(16)10(3)4/h7-10H,1-6H3. The number of esters is 1. The molecule has 0 saturated heterocycles. The molecule has 0 spiro atoms. The van der Waals surface area contributed by atoms with Gasteiger partial charge in [-0.1, -0.05) is 39.8 Å². The van der Waals surface area contributed by atoms with Crippen LogP contribution in [-0.2, 0) is 4.79 Å². The second kappa shape index (κ2) is 5.89. The van der Waals surface area contributed by atoms with E-state index in [1.807, 2.05) is 32.9 Å². The third kappa shape index (κ3) is 3.03. The largest absolute Gasteiger partial charge is 0.493 e. The minimum atomic E-state index is -0.235. The van der Waals surface area contributed by atoms with Crippen molar-refractivity contribution in [1.29, 1.82) is 0 Å². The molecule has 0 amide bonds. The molecular weight excluding hydrogens is 228 g/mol. The van der Waals surface area contributed by atoms with Crippen LogP contribution in [-0.4, -0.2) is 13.1 Å². The van der Waals surface area contributed by atoms with Gasteiger partial charge in [0.25, 0.3) is 0 Å². The van der Waals surface area contributed by atoms with Gasteiger partial charge in [0.15, 0.2) is 11.5 Å². The average Bonchev–Trinajstić information content (AvgIpc) is 2.28. The lowest BCUT2D eigenvalue weighted by atomic mass is 9.99. The Morgan fingerprint density at radius 2 is 1.72 bits per heavy atom. The van der Waals surface area contributed by atoms with E-state index in [1.54, 1.807) is 7.11 Å². The van der Waals surface area contributed by atoms with Crippen molar-refractivity contribution in [3.63, 3.8) is 0 Å². The van der Waals surface area contributed by atoms with Crippen molar-refractivity contribution >= 4 is 5.97 Å². The van der Waals surface area contributed by atoms with Gasteiger partial charge in [-0.15, -0.1) is 0 Å². The minimum Gasteiger partial charge on any atom is -0.493 e. The normalized spacial score (nSPS) is 10.9. The molecule has 3 heteroatoms. The van der Waals surface area contributed by atoms with Crippen LogP contribution in [0, 0.1) is 12.8 Å². The number of benzene rings is 1. The fourth-order valence-corrected chi connectivity index (χ4v) is 1.71. The summed E-state index contributed by atoms with van der Waals surface area (Å²) >= 11 is 0. The Hall–Kier alpha value is -1.51. The molecule has 0 aliphatic carbocycles. The number of ether oxygens (including phenoxy) is 2. The molecule has 0 aliphatic heterocycles. The van der Waals surface area contributed by atoms with E-state index >= 15 is 0 Å². The first kappa shape index (κ1) is 14.6. The molecule has 0 unspecified atom stereocenters. The SMILES string of the molecule is COc1c(C)ccc(C(C)C)c1OC(=O)C(C)C. The van der Waals surface area contributed by atoms with Gasteiger partial charge in [0.2, 0.25) is 0 Å². The van der Waals surface area contributed by atoms with Crippen LogP contribution in [0.4, 0.5) is 0 Å². The van der Waals surface area contributed by atoms with Crippen LogP contribution in [0.5, 0.6) is 11.5 Å². The van der Waals surface area contributed by atoms with Crippen LogP contribution in [0.2, 0.25) is 0 Å². The summed E-state index contributed by atoms with van der Waals surface area (Å²) < 4.78 is 10.9. The van der Waals surface area contributed by atoms with Crippen LogP contribution in [0.3, 0.4) is 0 Å². The summed E-state index contributed by atoms with van der Waals surface area (Å²) in [7, 11) is 1.60. The number of methoxy groups -OCH3 is 1. The minimum absolute atomic E-state index is 0.157. The van der Waals surface area contributed by atoms with Gasteiger partial charge in [-0.25, -0.2) is 0 Å². The smallest absolute Gasteiger partial charge is 0.313 e. The van der Waals surface area contributed by atoms with Gasteiger partial charge in [-0.3, -0.25) is 4.79 Å². The van der Waals surface area contributed by atoms with Crippen molar-refractivity contribution in [3.8, 4) is 11.5 Å². The Morgan fingerprint density at radius 3 is 2.17 bits per heavy atom. The first-order valence-corrected chi connectivity index (χ1v) is 6.27. The van der Waals surface area contributed by atoms with Crippen LogP contribution in [0.15, 0.2) is 12.1 Å². The number of rotatable bonds is 4. The lowest BCUT2D eigenvalue weighted by Crippen LogP contribution is -2.16. The zero-order chi connectivity index (χ0) is 13.9. The summed E-state index contributed by atoms with van der Waals surface area (Å²) in [5.41, 5.74) is 1.96. The molecular formula is C15H22O3. The van der Waals surface area contributed by atoms with Crippen molar-refractivity contribution in [2.75, 3.05) is 7.11 Å². The number of hydrogen-bond acceptors (Lipinski definition) is 3. The first-order chi connectivity index (χ1) is 8.38. The summed E-state index contributed by atoms with van der Waals surface area (Å²) in [6, 6.07) is 3.98. The quantitative estimate of drug-likeness (QED) is 0.604. The summed E-state index contributed by atoms with van der Waals surface area (Å²) in [5.74, 6) is 1.09. The molecule has 3 nitrogen and oxygen atoms in total. The molecule has 1 aromatic carbocycles. The number of aryl methyl sites for hydroxylation is 1. The summed E-state index contributed by atoms with van der Waals surface area (Å²) in [6.45, 7) is 9.71. The molecule has 0 heterocycles. The highest BCUT2D eigenvalue weighted by molar-refractivity contribution is 5.76. The van der Waals surface area contributed by atoms with Gasteiger partial charge in [-0.05, 0) is 18.4 Å². The second-order valence-corrected chi connectivity index (χ2v) is 5.06. The van der Waals surface area contributed by atoms with E-state index in [4.69, 9.17) is 9.47 Å². The number of carbonyl (C=O) groups excluding carboxylic acids is 1. The number of hydrogen-bond donors (Lipinski definition) is 0. The van der Waals surface area contributed by atoms with E-state index < -0.39 is 0 Å². The van der Waals surface area contributed by atoms with Crippen molar-refractivity contribution in [2.24, 2.45) is 5.92 Å². The monoisotopic (exact) mass is 250 g/mol. The Bertz CT molecular complexity index is 434. The average molecular weight is 250 g/mol. The van der Waals surface area contributed by atoms with Crippen LogP contribution in [0.25, 0.3) is 0 Å². The molecule has 0 fully saturated rings. The maximum atomic E-state index is 11.8. The van der Waals surface area contributed by atoms with Crippen molar-refractivity contribution in [1.82, 2.24) is 0 Å². The van der Waals surface area contributed by atoms with Crippen molar-refractivity contribution < 1.29 is 14.3 Å². The molecule has 1 rings (SSSR count). The van der Waals surface area contributed by atoms with Crippen LogP contribution >= 0.6 is 0 Å². The highest BCUT2D eigenvalue weighted by Crippen LogP contribution is 2.38. The van der Waals surface area contributed by atoms with Gasteiger partial charge in [0.1, 0.15) is 0 Å².